The molecule has 1 aliphatic heterocycles. The topological polar surface area (TPSA) is 50.4 Å². The van der Waals surface area contributed by atoms with E-state index in [-0.39, 0.29) is 6.04 Å². The second-order valence-corrected chi connectivity index (χ2v) is 5.26. The Balaban J connectivity index is 2.47. The summed E-state index contributed by atoms with van der Waals surface area (Å²) < 4.78 is 0. The standard InChI is InChI=1S/C14H23N3/c1-5-6-11-7-12(15)8(2)13-14(11)17-10(4)9(3)16-13/h5-6,8-9,12-13,16H,7,15H2,1-4H3/b6-5+. The van der Waals surface area contributed by atoms with Crippen LogP contribution in [-0.2, 0) is 0 Å². The van der Waals surface area contributed by atoms with Crippen molar-refractivity contribution in [2.24, 2.45) is 16.6 Å². The summed E-state index contributed by atoms with van der Waals surface area (Å²) in [6.45, 7) is 8.52. The summed E-state index contributed by atoms with van der Waals surface area (Å²) in [6, 6.07) is 0.885. The summed E-state index contributed by atoms with van der Waals surface area (Å²) in [7, 11) is 0. The molecule has 1 aliphatic carbocycles. The van der Waals surface area contributed by atoms with Crippen molar-refractivity contribution in [2.75, 3.05) is 0 Å². The van der Waals surface area contributed by atoms with E-state index in [2.05, 4.69) is 38.2 Å². The van der Waals surface area contributed by atoms with Crippen LogP contribution >= 0.6 is 0 Å². The van der Waals surface area contributed by atoms with Crippen molar-refractivity contribution in [3.05, 3.63) is 23.4 Å². The Hall–Kier alpha value is -0.930. The molecule has 0 aromatic heterocycles. The molecule has 4 atom stereocenters. The first-order valence-electron chi connectivity index (χ1n) is 6.47. The third-order valence-electron chi connectivity index (χ3n) is 4.00. The van der Waals surface area contributed by atoms with E-state index in [1.54, 1.807) is 0 Å². The minimum Gasteiger partial charge on any atom is -0.327 e. The van der Waals surface area contributed by atoms with Gasteiger partial charge in [-0.15, -0.1) is 0 Å². The quantitative estimate of drug-likeness (QED) is 0.728. The molecule has 2 aliphatic rings. The molecule has 94 valence electrons. The van der Waals surface area contributed by atoms with Crippen LogP contribution in [0.4, 0.5) is 0 Å². The Kier molecular flexibility index (Phi) is 3.50. The largest absolute Gasteiger partial charge is 0.327 e. The van der Waals surface area contributed by atoms with E-state index in [0.717, 1.165) is 6.42 Å². The zero-order valence-corrected chi connectivity index (χ0v) is 11.2. The van der Waals surface area contributed by atoms with Crippen LogP contribution in [0.1, 0.15) is 34.1 Å². The van der Waals surface area contributed by atoms with Crippen LogP contribution in [0.15, 0.2) is 28.4 Å². The molecule has 4 unspecified atom stereocenters. The van der Waals surface area contributed by atoms with Gasteiger partial charge in [0.05, 0.1) is 11.7 Å². The SMILES string of the molecule is C/C=C/C1=C2N=C(C)C(C)NC2C(C)C(N)C1. The van der Waals surface area contributed by atoms with Gasteiger partial charge in [0.2, 0.25) is 0 Å². The highest BCUT2D eigenvalue weighted by Gasteiger charge is 2.36. The van der Waals surface area contributed by atoms with Crippen LogP contribution in [0.25, 0.3) is 0 Å². The molecule has 0 bridgehead atoms. The van der Waals surface area contributed by atoms with Gasteiger partial charge in [0, 0.05) is 17.8 Å². The van der Waals surface area contributed by atoms with E-state index in [9.17, 15) is 0 Å². The first-order chi connectivity index (χ1) is 8.04. The monoisotopic (exact) mass is 233 g/mol. The van der Waals surface area contributed by atoms with Crippen molar-refractivity contribution in [1.29, 1.82) is 0 Å². The van der Waals surface area contributed by atoms with Crippen LogP contribution < -0.4 is 11.1 Å². The minimum absolute atomic E-state index is 0.225. The van der Waals surface area contributed by atoms with Gasteiger partial charge in [-0.25, -0.2) is 0 Å². The summed E-state index contributed by atoms with van der Waals surface area (Å²) in [4.78, 5) is 4.80. The Morgan fingerprint density at radius 2 is 2.12 bits per heavy atom. The molecule has 0 saturated heterocycles. The van der Waals surface area contributed by atoms with Gasteiger partial charge < -0.3 is 11.1 Å². The lowest BCUT2D eigenvalue weighted by molar-refractivity contribution is 0.319. The molecule has 3 N–H and O–H groups in total. The van der Waals surface area contributed by atoms with E-state index in [0.29, 0.717) is 18.0 Å². The number of nitrogens with zero attached hydrogens (tertiary/aromatic N) is 1. The van der Waals surface area contributed by atoms with Gasteiger partial charge in [0.25, 0.3) is 0 Å². The van der Waals surface area contributed by atoms with Crippen molar-refractivity contribution in [1.82, 2.24) is 5.32 Å². The Morgan fingerprint density at radius 3 is 2.76 bits per heavy atom. The highest BCUT2D eigenvalue weighted by molar-refractivity contribution is 5.89. The van der Waals surface area contributed by atoms with Crippen molar-refractivity contribution >= 4 is 5.71 Å². The van der Waals surface area contributed by atoms with Crippen LogP contribution in [0.3, 0.4) is 0 Å². The fourth-order valence-electron chi connectivity index (χ4n) is 2.64. The van der Waals surface area contributed by atoms with Gasteiger partial charge in [0.15, 0.2) is 0 Å². The molecule has 0 spiro atoms. The average molecular weight is 233 g/mol. The number of nitrogens with two attached hydrogens (primary N) is 1. The lowest BCUT2D eigenvalue weighted by Crippen LogP contribution is -2.54. The Morgan fingerprint density at radius 1 is 1.41 bits per heavy atom. The van der Waals surface area contributed by atoms with Crippen LogP contribution in [-0.4, -0.2) is 23.8 Å². The third kappa shape index (κ3) is 2.22. The van der Waals surface area contributed by atoms with Gasteiger partial charge in [-0.05, 0) is 38.7 Å². The lowest BCUT2D eigenvalue weighted by atomic mass is 9.79. The van der Waals surface area contributed by atoms with E-state index < -0.39 is 0 Å². The molecule has 2 rings (SSSR count). The summed E-state index contributed by atoms with van der Waals surface area (Å²) >= 11 is 0. The molecular formula is C14H23N3. The predicted molar refractivity (Wildman–Crippen MR) is 73.1 cm³/mol. The molecule has 3 nitrogen and oxygen atoms in total. The van der Waals surface area contributed by atoms with Crippen molar-refractivity contribution in [3.63, 3.8) is 0 Å². The predicted octanol–water partition coefficient (Wildman–Crippen LogP) is 2.00. The van der Waals surface area contributed by atoms with Crippen LogP contribution in [0, 0.1) is 5.92 Å². The molecule has 0 fully saturated rings. The normalized spacial score (nSPS) is 38.3. The fourth-order valence-corrected chi connectivity index (χ4v) is 2.64. The van der Waals surface area contributed by atoms with Gasteiger partial charge in [0.1, 0.15) is 0 Å². The Labute approximate surface area is 104 Å². The van der Waals surface area contributed by atoms with Crippen molar-refractivity contribution < 1.29 is 0 Å². The lowest BCUT2D eigenvalue weighted by Gasteiger charge is -2.40. The molecule has 17 heavy (non-hydrogen) atoms. The number of aliphatic imine (C=N–C) groups is 1. The average Bonchev–Trinajstić information content (AvgIpc) is 2.29. The number of hydrogen-bond acceptors (Lipinski definition) is 3. The first-order valence-corrected chi connectivity index (χ1v) is 6.47. The molecule has 1 heterocycles. The number of allylic oxidation sites excluding steroid dienone is 2. The summed E-state index contributed by atoms with van der Waals surface area (Å²) in [5.41, 5.74) is 9.89. The molecular weight excluding hydrogens is 210 g/mol. The van der Waals surface area contributed by atoms with Crippen LogP contribution in [0.5, 0.6) is 0 Å². The zero-order chi connectivity index (χ0) is 12.6. The smallest absolute Gasteiger partial charge is 0.0609 e. The summed E-state index contributed by atoms with van der Waals surface area (Å²) in [5.74, 6) is 0.443. The number of nitrogens with one attached hydrogen (secondary N) is 1. The first kappa shape index (κ1) is 12.5. The highest BCUT2D eigenvalue weighted by Crippen LogP contribution is 2.33. The van der Waals surface area contributed by atoms with E-state index in [1.807, 2.05) is 6.92 Å². The zero-order valence-electron chi connectivity index (χ0n) is 11.2. The van der Waals surface area contributed by atoms with E-state index in [1.165, 1.54) is 17.0 Å². The van der Waals surface area contributed by atoms with Gasteiger partial charge in [-0.2, -0.15) is 0 Å². The molecule has 0 aromatic rings. The van der Waals surface area contributed by atoms with Gasteiger partial charge in [-0.1, -0.05) is 19.1 Å². The third-order valence-corrected chi connectivity index (χ3v) is 4.00. The maximum absolute atomic E-state index is 6.23. The van der Waals surface area contributed by atoms with Crippen molar-refractivity contribution in [3.8, 4) is 0 Å². The van der Waals surface area contributed by atoms with Gasteiger partial charge in [-0.3, -0.25) is 4.99 Å². The fraction of sp³-hybridized carbons (Fsp3) is 0.643. The molecule has 0 saturated carbocycles. The Bertz CT molecular complexity index is 392. The number of hydrogen-bond donors (Lipinski definition) is 2. The summed E-state index contributed by atoms with van der Waals surface area (Å²) in [5, 5.41) is 3.63. The van der Waals surface area contributed by atoms with E-state index in [4.69, 9.17) is 10.7 Å². The highest BCUT2D eigenvalue weighted by atomic mass is 15.1. The molecule has 0 aromatic carbocycles. The minimum atomic E-state index is 0.225. The van der Waals surface area contributed by atoms with Crippen LogP contribution in [0.2, 0.25) is 0 Å². The number of fused-ring (bicyclic) bond motifs is 1. The second kappa shape index (κ2) is 4.75. The van der Waals surface area contributed by atoms with Crippen molar-refractivity contribution in [2.45, 2.75) is 52.2 Å². The molecule has 3 heteroatoms. The van der Waals surface area contributed by atoms with E-state index >= 15 is 0 Å². The maximum atomic E-state index is 6.23. The maximum Gasteiger partial charge on any atom is 0.0609 e. The molecule has 0 radical (unpaired) electrons. The molecule has 0 amide bonds. The number of rotatable bonds is 1. The second-order valence-electron chi connectivity index (χ2n) is 5.26. The van der Waals surface area contributed by atoms with Gasteiger partial charge >= 0.3 is 0 Å². The summed E-state index contributed by atoms with van der Waals surface area (Å²) in [6.07, 6.45) is 5.16.